The van der Waals surface area contributed by atoms with Crippen LogP contribution in [0.4, 0.5) is 18.9 Å². The number of carbonyl (C=O) groups excluding carboxylic acids is 1. The van der Waals surface area contributed by atoms with Crippen molar-refractivity contribution >= 4 is 27.5 Å². The molecule has 0 fully saturated rings. The molecule has 0 aliphatic carbocycles. The first kappa shape index (κ1) is 19.2. The van der Waals surface area contributed by atoms with E-state index in [9.17, 15) is 18.0 Å². The molecule has 5 nitrogen and oxygen atoms in total. The monoisotopic (exact) mass is 441 g/mol. The number of aryl methyl sites for hydroxylation is 1. The van der Waals surface area contributed by atoms with Crippen LogP contribution in [0.25, 0.3) is 0 Å². The molecular formula is C18H15BrF3N3O2. The van der Waals surface area contributed by atoms with Gasteiger partial charge in [-0.3, -0.25) is 9.48 Å². The highest BCUT2D eigenvalue weighted by Gasteiger charge is 2.30. The molecule has 0 radical (unpaired) electrons. The van der Waals surface area contributed by atoms with Gasteiger partial charge in [-0.1, -0.05) is 0 Å². The number of hydrogen-bond donors (Lipinski definition) is 1. The van der Waals surface area contributed by atoms with Crippen LogP contribution in [0, 0.1) is 13.8 Å². The third kappa shape index (κ3) is 4.24. The number of aromatic nitrogens is 2. The molecule has 1 N–H and O–H groups in total. The number of amides is 1. The summed E-state index contributed by atoms with van der Waals surface area (Å²) in [6.07, 6.45) is -4.42. The first-order valence-electron chi connectivity index (χ1n) is 7.92. The molecular weight excluding hydrogens is 427 g/mol. The van der Waals surface area contributed by atoms with Crippen LogP contribution in [0.2, 0.25) is 0 Å². The standard InChI is InChI=1S/C18H15BrF3N3O2/c1-10-16(19)11(2)25(24-10)9-14-7-8-15(27-14)17(26)23-13-5-3-12(4-6-13)18(20,21)22/h3-8H,9H2,1-2H3,(H,23,26). The normalized spacial score (nSPS) is 11.6. The fourth-order valence-corrected chi connectivity index (χ4v) is 2.78. The Morgan fingerprint density at radius 2 is 1.85 bits per heavy atom. The first-order chi connectivity index (χ1) is 12.6. The van der Waals surface area contributed by atoms with Crippen molar-refractivity contribution < 1.29 is 22.4 Å². The average Bonchev–Trinajstić information content (AvgIpc) is 3.16. The van der Waals surface area contributed by atoms with Gasteiger partial charge in [0.2, 0.25) is 0 Å². The highest BCUT2D eigenvalue weighted by molar-refractivity contribution is 9.10. The Morgan fingerprint density at radius 3 is 2.41 bits per heavy atom. The number of anilines is 1. The Labute approximate surface area is 161 Å². The van der Waals surface area contributed by atoms with Gasteiger partial charge in [0.1, 0.15) is 5.76 Å². The second kappa shape index (κ2) is 7.22. The van der Waals surface area contributed by atoms with E-state index in [0.29, 0.717) is 12.3 Å². The molecule has 0 saturated carbocycles. The molecule has 0 aliphatic rings. The van der Waals surface area contributed by atoms with E-state index in [4.69, 9.17) is 4.42 Å². The maximum Gasteiger partial charge on any atom is 0.416 e. The number of benzene rings is 1. The second-order valence-electron chi connectivity index (χ2n) is 5.94. The van der Waals surface area contributed by atoms with Crippen LogP contribution in [-0.2, 0) is 12.7 Å². The lowest BCUT2D eigenvalue weighted by Crippen LogP contribution is -2.11. The van der Waals surface area contributed by atoms with E-state index in [1.165, 1.54) is 18.2 Å². The lowest BCUT2D eigenvalue weighted by atomic mass is 10.2. The van der Waals surface area contributed by atoms with Gasteiger partial charge in [0.25, 0.3) is 5.91 Å². The van der Waals surface area contributed by atoms with Gasteiger partial charge in [-0.2, -0.15) is 18.3 Å². The third-order valence-electron chi connectivity index (χ3n) is 3.95. The van der Waals surface area contributed by atoms with Crippen LogP contribution in [0.1, 0.15) is 33.3 Å². The largest absolute Gasteiger partial charge is 0.454 e. The average molecular weight is 442 g/mol. The van der Waals surface area contributed by atoms with Gasteiger partial charge >= 0.3 is 6.18 Å². The Bertz CT molecular complexity index is 975. The highest BCUT2D eigenvalue weighted by Crippen LogP contribution is 2.30. The van der Waals surface area contributed by atoms with Gasteiger partial charge < -0.3 is 9.73 Å². The van der Waals surface area contributed by atoms with Gasteiger partial charge in [0.05, 0.1) is 28.0 Å². The summed E-state index contributed by atoms with van der Waals surface area (Å²) in [5.41, 5.74) is 1.24. The molecule has 1 aromatic carbocycles. The molecule has 142 valence electrons. The number of furan rings is 1. The summed E-state index contributed by atoms with van der Waals surface area (Å²) in [6, 6.07) is 7.37. The van der Waals surface area contributed by atoms with Crippen LogP contribution in [0.3, 0.4) is 0 Å². The Kier molecular flexibility index (Phi) is 5.14. The van der Waals surface area contributed by atoms with Crippen LogP contribution in [-0.4, -0.2) is 15.7 Å². The van der Waals surface area contributed by atoms with E-state index in [-0.39, 0.29) is 11.4 Å². The zero-order valence-corrected chi connectivity index (χ0v) is 16.0. The van der Waals surface area contributed by atoms with Crippen molar-refractivity contribution in [1.29, 1.82) is 0 Å². The molecule has 3 aromatic rings. The maximum atomic E-state index is 12.6. The maximum absolute atomic E-state index is 12.6. The molecule has 0 unspecified atom stereocenters. The summed E-state index contributed by atoms with van der Waals surface area (Å²) in [5.74, 6) is 0.0479. The van der Waals surface area contributed by atoms with Gasteiger partial charge in [0.15, 0.2) is 5.76 Å². The summed E-state index contributed by atoms with van der Waals surface area (Å²) in [6.45, 7) is 4.13. The van der Waals surface area contributed by atoms with E-state index in [1.807, 2.05) is 13.8 Å². The number of rotatable bonds is 4. The topological polar surface area (TPSA) is 60.1 Å². The molecule has 2 aromatic heterocycles. The van der Waals surface area contributed by atoms with Gasteiger partial charge in [-0.25, -0.2) is 0 Å². The van der Waals surface area contributed by atoms with Gasteiger partial charge in [-0.05, 0) is 66.2 Å². The van der Waals surface area contributed by atoms with Gasteiger partial charge in [0, 0.05) is 5.69 Å². The number of carbonyl (C=O) groups is 1. The quantitative estimate of drug-likeness (QED) is 0.606. The molecule has 0 spiro atoms. The van der Waals surface area contributed by atoms with E-state index < -0.39 is 17.6 Å². The number of hydrogen-bond acceptors (Lipinski definition) is 3. The minimum absolute atomic E-state index is 0.0606. The first-order valence-corrected chi connectivity index (χ1v) is 8.71. The fraction of sp³-hybridized carbons (Fsp3) is 0.222. The lowest BCUT2D eigenvalue weighted by molar-refractivity contribution is -0.137. The molecule has 0 saturated heterocycles. The van der Waals surface area contributed by atoms with E-state index in [0.717, 1.165) is 28.0 Å². The van der Waals surface area contributed by atoms with Gasteiger partial charge in [-0.15, -0.1) is 0 Å². The minimum Gasteiger partial charge on any atom is -0.454 e. The number of halogens is 4. The Morgan fingerprint density at radius 1 is 1.19 bits per heavy atom. The van der Waals surface area contributed by atoms with Crippen molar-refractivity contribution in [1.82, 2.24) is 9.78 Å². The molecule has 3 rings (SSSR count). The minimum atomic E-state index is -4.42. The molecule has 0 atom stereocenters. The zero-order chi connectivity index (χ0) is 19.8. The molecule has 1 amide bonds. The highest BCUT2D eigenvalue weighted by atomic mass is 79.9. The zero-order valence-electron chi connectivity index (χ0n) is 14.4. The Balaban J connectivity index is 1.69. The molecule has 9 heteroatoms. The van der Waals surface area contributed by atoms with Crippen LogP contribution in [0.5, 0.6) is 0 Å². The van der Waals surface area contributed by atoms with Crippen molar-refractivity contribution in [2.45, 2.75) is 26.6 Å². The van der Waals surface area contributed by atoms with Crippen molar-refractivity contribution in [3.63, 3.8) is 0 Å². The summed E-state index contributed by atoms with van der Waals surface area (Å²) in [7, 11) is 0. The number of alkyl halides is 3. The van der Waals surface area contributed by atoms with E-state index >= 15 is 0 Å². The molecule has 2 heterocycles. The number of nitrogens with zero attached hydrogens (tertiary/aromatic N) is 2. The molecule has 27 heavy (non-hydrogen) atoms. The Hall–Kier alpha value is -2.55. The molecule has 0 aliphatic heterocycles. The summed E-state index contributed by atoms with van der Waals surface area (Å²) in [4.78, 5) is 12.2. The van der Waals surface area contributed by atoms with Crippen molar-refractivity contribution in [3.8, 4) is 0 Å². The predicted octanol–water partition coefficient (Wildman–Crippen LogP) is 5.17. The fourth-order valence-electron chi connectivity index (χ4n) is 2.50. The number of nitrogens with one attached hydrogen (secondary N) is 1. The predicted molar refractivity (Wildman–Crippen MR) is 96.6 cm³/mol. The van der Waals surface area contributed by atoms with Crippen molar-refractivity contribution in [3.05, 3.63) is 69.3 Å². The SMILES string of the molecule is Cc1nn(Cc2ccc(C(=O)Nc3ccc(C(F)(F)F)cc3)o2)c(C)c1Br. The van der Waals surface area contributed by atoms with E-state index in [2.05, 4.69) is 26.3 Å². The smallest absolute Gasteiger partial charge is 0.416 e. The van der Waals surface area contributed by atoms with Crippen LogP contribution in [0.15, 0.2) is 45.3 Å². The van der Waals surface area contributed by atoms with E-state index in [1.54, 1.807) is 10.7 Å². The van der Waals surface area contributed by atoms with Crippen molar-refractivity contribution in [2.75, 3.05) is 5.32 Å². The summed E-state index contributed by atoms with van der Waals surface area (Å²) >= 11 is 3.45. The lowest BCUT2D eigenvalue weighted by Gasteiger charge is -2.08. The second-order valence-corrected chi connectivity index (χ2v) is 6.73. The van der Waals surface area contributed by atoms with Crippen LogP contribution < -0.4 is 5.32 Å². The molecule has 0 bridgehead atoms. The summed E-state index contributed by atoms with van der Waals surface area (Å²) < 4.78 is 45.9. The van der Waals surface area contributed by atoms with Crippen LogP contribution >= 0.6 is 15.9 Å². The third-order valence-corrected chi connectivity index (χ3v) is 5.10. The summed E-state index contributed by atoms with van der Waals surface area (Å²) in [5, 5.41) is 6.88. The van der Waals surface area contributed by atoms with Crippen molar-refractivity contribution in [2.24, 2.45) is 0 Å².